The highest BCUT2D eigenvalue weighted by Gasteiger charge is 2.21. The Morgan fingerprint density at radius 1 is 1.45 bits per heavy atom. The molecule has 0 spiro atoms. The number of carboxylic acid groups (broad SMARTS) is 1. The van der Waals surface area contributed by atoms with Crippen LogP contribution in [0.15, 0.2) is 18.2 Å². The smallest absolute Gasteiger partial charge is 0.326 e. The monoisotopic (exact) mass is 280 g/mol. The summed E-state index contributed by atoms with van der Waals surface area (Å²) in [5, 5.41) is 22.1. The topological polar surface area (TPSA) is 110 Å². The zero-order chi connectivity index (χ0) is 15.3. The maximum atomic E-state index is 12.0. The molecule has 108 valence electrons. The van der Waals surface area contributed by atoms with E-state index in [1.165, 1.54) is 12.1 Å². The molecule has 2 N–H and O–H groups in total. The summed E-state index contributed by atoms with van der Waals surface area (Å²) in [6, 6.07) is 2.91. The number of carboxylic acids is 1. The summed E-state index contributed by atoms with van der Waals surface area (Å²) in [6.45, 7) is 3.44. The van der Waals surface area contributed by atoms with Crippen molar-refractivity contribution in [1.82, 2.24) is 5.32 Å². The van der Waals surface area contributed by atoms with E-state index >= 15 is 0 Å². The average molecular weight is 280 g/mol. The van der Waals surface area contributed by atoms with Gasteiger partial charge in [0.25, 0.3) is 11.6 Å². The molecule has 0 fully saturated rings. The van der Waals surface area contributed by atoms with Gasteiger partial charge in [-0.25, -0.2) is 4.79 Å². The fraction of sp³-hybridized carbons (Fsp3) is 0.385. The average Bonchev–Trinajstić information content (AvgIpc) is 2.38. The van der Waals surface area contributed by atoms with Gasteiger partial charge in [0, 0.05) is 17.7 Å². The van der Waals surface area contributed by atoms with Crippen molar-refractivity contribution in [2.75, 3.05) is 0 Å². The van der Waals surface area contributed by atoms with Crippen LogP contribution >= 0.6 is 0 Å². The molecule has 0 heterocycles. The molecular formula is C13H16N2O5. The second-order valence-electron chi connectivity index (χ2n) is 4.41. The van der Waals surface area contributed by atoms with Gasteiger partial charge in [0.05, 0.1) is 4.92 Å². The van der Waals surface area contributed by atoms with Crippen LogP contribution < -0.4 is 5.32 Å². The maximum Gasteiger partial charge on any atom is 0.326 e. The Labute approximate surface area is 115 Å². The van der Waals surface area contributed by atoms with Gasteiger partial charge in [0.15, 0.2) is 0 Å². The number of aliphatic carboxylic acids is 1. The quantitative estimate of drug-likeness (QED) is 0.610. The number of nitrogens with zero attached hydrogens (tertiary/aromatic N) is 1. The van der Waals surface area contributed by atoms with E-state index in [1.807, 2.05) is 0 Å². The van der Waals surface area contributed by atoms with Gasteiger partial charge in [-0.15, -0.1) is 0 Å². The van der Waals surface area contributed by atoms with Crippen LogP contribution in [0, 0.1) is 17.0 Å². The minimum absolute atomic E-state index is 0.113. The van der Waals surface area contributed by atoms with E-state index < -0.39 is 22.8 Å². The van der Waals surface area contributed by atoms with Crippen molar-refractivity contribution in [3.05, 3.63) is 39.4 Å². The highest BCUT2D eigenvalue weighted by atomic mass is 16.6. The normalized spacial score (nSPS) is 11.7. The fourth-order valence-electron chi connectivity index (χ4n) is 1.75. The molecule has 1 aromatic carbocycles. The third-order valence-corrected chi connectivity index (χ3v) is 2.86. The van der Waals surface area contributed by atoms with Gasteiger partial charge in [-0.2, -0.15) is 0 Å². The first-order chi connectivity index (χ1) is 9.36. The molecule has 0 saturated heterocycles. The summed E-state index contributed by atoms with van der Waals surface area (Å²) >= 11 is 0. The van der Waals surface area contributed by atoms with E-state index in [9.17, 15) is 19.7 Å². The lowest BCUT2D eigenvalue weighted by atomic mass is 10.1. The first-order valence-corrected chi connectivity index (χ1v) is 6.15. The molecule has 1 aromatic rings. The molecule has 1 amide bonds. The molecule has 1 rings (SSSR count). The number of non-ortho nitro benzene ring substituents is 1. The third-order valence-electron chi connectivity index (χ3n) is 2.86. The lowest BCUT2D eigenvalue weighted by Crippen LogP contribution is -2.40. The molecule has 0 radical (unpaired) electrons. The number of nitrogens with one attached hydrogen (secondary N) is 1. The van der Waals surface area contributed by atoms with E-state index in [1.54, 1.807) is 13.8 Å². The van der Waals surface area contributed by atoms with Crippen molar-refractivity contribution in [3.63, 3.8) is 0 Å². The first kappa shape index (κ1) is 15.6. The Kier molecular flexibility index (Phi) is 5.19. The number of hydrogen-bond donors (Lipinski definition) is 2. The number of carbonyl (C=O) groups is 2. The minimum Gasteiger partial charge on any atom is -0.480 e. The standard InChI is InChI=1S/C13H16N2O5/c1-3-4-11(13(17)18)14-12(16)10-7-9(15(19)20)6-5-8(10)2/h5-7,11H,3-4H2,1-2H3,(H,14,16)(H,17,18). The number of nitro benzene ring substituents is 1. The van der Waals surface area contributed by atoms with Crippen molar-refractivity contribution < 1.29 is 19.6 Å². The Hall–Kier alpha value is -2.44. The largest absolute Gasteiger partial charge is 0.480 e. The Morgan fingerprint density at radius 2 is 2.10 bits per heavy atom. The van der Waals surface area contributed by atoms with E-state index in [4.69, 9.17) is 5.11 Å². The first-order valence-electron chi connectivity index (χ1n) is 6.15. The molecule has 1 atom stereocenters. The van der Waals surface area contributed by atoms with Crippen molar-refractivity contribution >= 4 is 17.6 Å². The molecule has 0 bridgehead atoms. The van der Waals surface area contributed by atoms with Crippen molar-refractivity contribution in [2.45, 2.75) is 32.7 Å². The molecule has 7 heteroatoms. The van der Waals surface area contributed by atoms with Crippen LogP contribution in [-0.2, 0) is 4.79 Å². The molecular weight excluding hydrogens is 264 g/mol. The van der Waals surface area contributed by atoms with Crippen LogP contribution in [-0.4, -0.2) is 27.9 Å². The summed E-state index contributed by atoms with van der Waals surface area (Å²) < 4.78 is 0. The number of carbonyl (C=O) groups excluding carboxylic acids is 1. The molecule has 20 heavy (non-hydrogen) atoms. The van der Waals surface area contributed by atoms with Crippen molar-refractivity contribution in [2.24, 2.45) is 0 Å². The number of aryl methyl sites for hydroxylation is 1. The van der Waals surface area contributed by atoms with Gasteiger partial charge >= 0.3 is 5.97 Å². The summed E-state index contributed by atoms with van der Waals surface area (Å²) in [5.74, 6) is -1.74. The van der Waals surface area contributed by atoms with Gasteiger partial charge in [-0.05, 0) is 18.9 Å². The fourth-order valence-corrected chi connectivity index (χ4v) is 1.75. The van der Waals surface area contributed by atoms with Crippen LogP contribution in [0.4, 0.5) is 5.69 Å². The van der Waals surface area contributed by atoms with Crippen LogP contribution in [0.1, 0.15) is 35.7 Å². The summed E-state index contributed by atoms with van der Waals surface area (Å²) in [6.07, 6.45) is 0.903. The lowest BCUT2D eigenvalue weighted by Gasteiger charge is -2.14. The third kappa shape index (κ3) is 3.78. The molecule has 0 aliphatic carbocycles. The van der Waals surface area contributed by atoms with Crippen LogP contribution in [0.2, 0.25) is 0 Å². The van der Waals surface area contributed by atoms with Crippen molar-refractivity contribution in [3.8, 4) is 0 Å². The highest BCUT2D eigenvalue weighted by molar-refractivity contribution is 5.98. The lowest BCUT2D eigenvalue weighted by molar-refractivity contribution is -0.384. The second-order valence-corrected chi connectivity index (χ2v) is 4.41. The molecule has 7 nitrogen and oxygen atoms in total. The Balaban J connectivity index is 2.99. The van der Waals surface area contributed by atoms with E-state index in [0.29, 0.717) is 18.4 Å². The second kappa shape index (κ2) is 6.65. The summed E-state index contributed by atoms with van der Waals surface area (Å²) in [4.78, 5) is 33.1. The number of hydrogen-bond acceptors (Lipinski definition) is 4. The van der Waals surface area contributed by atoms with Gasteiger partial charge in [-0.3, -0.25) is 14.9 Å². The van der Waals surface area contributed by atoms with Crippen LogP contribution in [0.3, 0.4) is 0 Å². The Morgan fingerprint density at radius 3 is 2.60 bits per heavy atom. The molecule has 1 unspecified atom stereocenters. The predicted octanol–water partition coefficient (Wildman–Crippen LogP) is 1.89. The number of benzene rings is 1. The predicted molar refractivity (Wildman–Crippen MR) is 71.6 cm³/mol. The minimum atomic E-state index is -1.12. The SMILES string of the molecule is CCCC(NC(=O)c1cc([N+](=O)[O-])ccc1C)C(=O)O. The molecule has 0 aliphatic rings. The van der Waals surface area contributed by atoms with E-state index in [2.05, 4.69) is 5.32 Å². The van der Waals surface area contributed by atoms with E-state index in [0.717, 1.165) is 6.07 Å². The number of rotatable bonds is 6. The molecule has 0 aromatic heterocycles. The number of amides is 1. The maximum absolute atomic E-state index is 12.0. The highest BCUT2D eigenvalue weighted by Crippen LogP contribution is 2.17. The zero-order valence-electron chi connectivity index (χ0n) is 11.3. The van der Waals surface area contributed by atoms with Gasteiger partial charge in [-0.1, -0.05) is 19.4 Å². The van der Waals surface area contributed by atoms with Crippen LogP contribution in [0.5, 0.6) is 0 Å². The Bertz CT molecular complexity index is 542. The van der Waals surface area contributed by atoms with Gasteiger partial charge < -0.3 is 10.4 Å². The van der Waals surface area contributed by atoms with Crippen LogP contribution in [0.25, 0.3) is 0 Å². The summed E-state index contributed by atoms with van der Waals surface area (Å²) in [7, 11) is 0. The summed E-state index contributed by atoms with van der Waals surface area (Å²) in [5.41, 5.74) is 0.457. The van der Waals surface area contributed by atoms with Gasteiger partial charge in [0.2, 0.25) is 0 Å². The van der Waals surface area contributed by atoms with E-state index in [-0.39, 0.29) is 11.3 Å². The molecule has 0 saturated carbocycles. The molecule has 0 aliphatic heterocycles. The number of nitro groups is 1. The van der Waals surface area contributed by atoms with Gasteiger partial charge in [0.1, 0.15) is 6.04 Å². The zero-order valence-corrected chi connectivity index (χ0v) is 11.3. The van der Waals surface area contributed by atoms with Crippen molar-refractivity contribution in [1.29, 1.82) is 0 Å².